The van der Waals surface area contributed by atoms with E-state index in [-0.39, 0.29) is 5.56 Å². The highest BCUT2D eigenvalue weighted by Crippen LogP contribution is 2.11. The Morgan fingerprint density at radius 1 is 1.28 bits per heavy atom. The van der Waals surface area contributed by atoms with E-state index in [9.17, 15) is 4.79 Å². The van der Waals surface area contributed by atoms with Gasteiger partial charge in [0.15, 0.2) is 0 Å². The van der Waals surface area contributed by atoms with E-state index >= 15 is 0 Å². The average molecular weight is 243 g/mol. The molecule has 0 atom stereocenters. The molecule has 18 heavy (non-hydrogen) atoms. The number of nitrogens with zero attached hydrogens (tertiary/aromatic N) is 1. The van der Waals surface area contributed by atoms with Crippen LogP contribution in [0.15, 0.2) is 41.2 Å². The van der Waals surface area contributed by atoms with Crippen LogP contribution in [0, 0.1) is 5.92 Å². The second-order valence-corrected chi connectivity index (χ2v) is 4.67. The molecule has 0 bridgehead atoms. The third kappa shape index (κ3) is 3.45. The molecule has 0 aliphatic rings. The van der Waals surface area contributed by atoms with Crippen LogP contribution in [0.25, 0.3) is 0 Å². The number of hydrogen-bond acceptors (Lipinski definition) is 3. The third-order valence-electron chi connectivity index (χ3n) is 2.45. The first kappa shape index (κ1) is 12.4. The van der Waals surface area contributed by atoms with Crippen LogP contribution >= 0.6 is 0 Å². The lowest BCUT2D eigenvalue weighted by atomic mass is 10.1. The molecule has 0 saturated carbocycles. The number of hydrogen-bond donors (Lipinski definition) is 2. The van der Waals surface area contributed by atoms with Crippen LogP contribution in [0.4, 0.5) is 11.6 Å². The molecule has 94 valence electrons. The maximum Gasteiger partial charge on any atom is 0.252 e. The van der Waals surface area contributed by atoms with E-state index in [2.05, 4.69) is 29.1 Å². The number of anilines is 2. The van der Waals surface area contributed by atoms with Crippen LogP contribution in [0.2, 0.25) is 0 Å². The normalized spacial score (nSPS) is 10.6. The predicted octanol–water partition coefficient (Wildman–Crippen LogP) is 2.71. The number of para-hydroxylation sites is 1. The van der Waals surface area contributed by atoms with Gasteiger partial charge in [-0.25, -0.2) is 4.98 Å². The Balaban J connectivity index is 2.23. The topological polar surface area (TPSA) is 57.8 Å². The Morgan fingerprint density at radius 2 is 2.00 bits per heavy atom. The number of benzene rings is 1. The molecule has 1 heterocycles. The van der Waals surface area contributed by atoms with E-state index in [4.69, 9.17) is 0 Å². The number of aromatic amines is 1. The highest BCUT2D eigenvalue weighted by atomic mass is 16.1. The monoisotopic (exact) mass is 243 g/mol. The molecule has 0 saturated heterocycles. The zero-order valence-corrected chi connectivity index (χ0v) is 10.6. The lowest BCUT2D eigenvalue weighted by Gasteiger charge is -2.08. The van der Waals surface area contributed by atoms with Crippen LogP contribution in [0.3, 0.4) is 0 Å². The molecule has 1 aromatic carbocycles. The fourth-order valence-electron chi connectivity index (χ4n) is 1.75. The Bertz CT molecular complexity index is 561. The molecule has 2 N–H and O–H groups in total. The summed E-state index contributed by atoms with van der Waals surface area (Å²) < 4.78 is 0. The summed E-state index contributed by atoms with van der Waals surface area (Å²) in [6, 6.07) is 11.2. The van der Waals surface area contributed by atoms with Crippen LogP contribution in [-0.4, -0.2) is 9.97 Å². The first-order valence-electron chi connectivity index (χ1n) is 6.06. The van der Waals surface area contributed by atoms with Crippen molar-refractivity contribution in [3.05, 3.63) is 52.4 Å². The maximum atomic E-state index is 11.5. The van der Waals surface area contributed by atoms with Gasteiger partial charge in [-0.15, -0.1) is 0 Å². The van der Waals surface area contributed by atoms with Crippen molar-refractivity contribution >= 4 is 11.6 Å². The maximum absolute atomic E-state index is 11.5. The van der Waals surface area contributed by atoms with E-state index < -0.39 is 0 Å². The molecule has 0 unspecified atom stereocenters. The van der Waals surface area contributed by atoms with Gasteiger partial charge >= 0.3 is 0 Å². The van der Waals surface area contributed by atoms with Crippen molar-refractivity contribution in [2.75, 3.05) is 5.32 Å². The second kappa shape index (κ2) is 5.49. The lowest BCUT2D eigenvalue weighted by Crippen LogP contribution is -2.13. The highest BCUT2D eigenvalue weighted by Gasteiger charge is 2.04. The van der Waals surface area contributed by atoms with E-state index in [1.54, 1.807) is 6.07 Å². The van der Waals surface area contributed by atoms with E-state index in [1.165, 1.54) is 0 Å². The Labute approximate surface area is 106 Å². The van der Waals surface area contributed by atoms with Crippen molar-refractivity contribution in [1.29, 1.82) is 0 Å². The third-order valence-corrected chi connectivity index (χ3v) is 2.45. The molecule has 0 spiro atoms. The zero-order valence-electron chi connectivity index (χ0n) is 10.6. The van der Waals surface area contributed by atoms with Crippen molar-refractivity contribution in [3.8, 4) is 0 Å². The van der Waals surface area contributed by atoms with Crippen molar-refractivity contribution in [3.63, 3.8) is 0 Å². The summed E-state index contributed by atoms with van der Waals surface area (Å²) in [6.45, 7) is 4.21. The molecular weight excluding hydrogens is 226 g/mol. The van der Waals surface area contributed by atoms with Gasteiger partial charge in [0.2, 0.25) is 5.95 Å². The van der Waals surface area contributed by atoms with Gasteiger partial charge in [0.25, 0.3) is 5.56 Å². The molecule has 2 rings (SSSR count). The number of aromatic nitrogens is 2. The lowest BCUT2D eigenvalue weighted by molar-refractivity contribution is 0.634. The van der Waals surface area contributed by atoms with Crippen LogP contribution < -0.4 is 10.9 Å². The van der Waals surface area contributed by atoms with Gasteiger partial charge in [0.05, 0.1) is 5.69 Å². The fraction of sp³-hybridized carbons (Fsp3) is 0.286. The molecule has 0 amide bonds. The van der Waals surface area contributed by atoms with E-state index in [0.717, 1.165) is 17.8 Å². The van der Waals surface area contributed by atoms with Crippen molar-refractivity contribution in [2.45, 2.75) is 20.3 Å². The summed E-state index contributed by atoms with van der Waals surface area (Å²) in [5, 5.41) is 3.09. The molecule has 4 heteroatoms. The predicted molar refractivity (Wildman–Crippen MR) is 73.1 cm³/mol. The minimum absolute atomic E-state index is 0.126. The van der Waals surface area contributed by atoms with Gasteiger partial charge in [-0.1, -0.05) is 32.0 Å². The van der Waals surface area contributed by atoms with Crippen LogP contribution in [0.5, 0.6) is 0 Å². The highest BCUT2D eigenvalue weighted by molar-refractivity contribution is 5.52. The standard InChI is InChI=1S/C14H17N3O/c1-10(2)8-12-9-13(18)17-14(16-12)15-11-6-4-3-5-7-11/h3-7,9-10H,8H2,1-2H3,(H2,15,16,17,18). The fourth-order valence-corrected chi connectivity index (χ4v) is 1.75. The van der Waals surface area contributed by atoms with Crippen molar-refractivity contribution in [1.82, 2.24) is 9.97 Å². The number of rotatable bonds is 4. The van der Waals surface area contributed by atoms with Gasteiger partial charge in [-0.3, -0.25) is 9.78 Å². The average Bonchev–Trinajstić information content (AvgIpc) is 2.28. The molecule has 0 fully saturated rings. The summed E-state index contributed by atoms with van der Waals surface area (Å²) in [4.78, 5) is 18.6. The second-order valence-electron chi connectivity index (χ2n) is 4.67. The Kier molecular flexibility index (Phi) is 3.77. The summed E-state index contributed by atoms with van der Waals surface area (Å²) in [6.07, 6.45) is 0.799. The summed E-state index contributed by atoms with van der Waals surface area (Å²) in [5.41, 5.74) is 1.59. The molecule has 0 aliphatic carbocycles. The summed E-state index contributed by atoms with van der Waals surface area (Å²) in [5.74, 6) is 0.966. The van der Waals surface area contributed by atoms with Gasteiger partial charge in [-0.05, 0) is 24.5 Å². The van der Waals surface area contributed by atoms with E-state index in [1.807, 2.05) is 30.3 Å². The molecule has 0 aliphatic heterocycles. The van der Waals surface area contributed by atoms with Crippen LogP contribution in [0.1, 0.15) is 19.5 Å². The van der Waals surface area contributed by atoms with Gasteiger partial charge in [0.1, 0.15) is 0 Å². The quantitative estimate of drug-likeness (QED) is 0.868. The van der Waals surface area contributed by atoms with Gasteiger partial charge in [0, 0.05) is 11.8 Å². The largest absolute Gasteiger partial charge is 0.326 e. The van der Waals surface area contributed by atoms with Crippen molar-refractivity contribution in [2.24, 2.45) is 5.92 Å². The molecule has 0 radical (unpaired) electrons. The first-order valence-corrected chi connectivity index (χ1v) is 6.06. The number of nitrogens with one attached hydrogen (secondary N) is 2. The minimum Gasteiger partial charge on any atom is -0.326 e. The van der Waals surface area contributed by atoms with E-state index in [0.29, 0.717) is 11.9 Å². The first-order chi connectivity index (χ1) is 8.63. The summed E-state index contributed by atoms with van der Waals surface area (Å²) >= 11 is 0. The summed E-state index contributed by atoms with van der Waals surface area (Å²) in [7, 11) is 0. The van der Waals surface area contributed by atoms with Gasteiger partial charge < -0.3 is 5.32 Å². The van der Waals surface area contributed by atoms with Crippen molar-refractivity contribution < 1.29 is 0 Å². The zero-order chi connectivity index (χ0) is 13.0. The minimum atomic E-state index is -0.126. The molecule has 1 aromatic heterocycles. The molecule has 2 aromatic rings. The SMILES string of the molecule is CC(C)Cc1cc(=O)[nH]c(Nc2ccccc2)n1. The number of H-pyrrole nitrogens is 1. The molecular formula is C14H17N3O. The smallest absolute Gasteiger partial charge is 0.252 e. The Hall–Kier alpha value is -2.10. The van der Waals surface area contributed by atoms with Crippen LogP contribution in [-0.2, 0) is 6.42 Å². The molecule has 4 nitrogen and oxygen atoms in total. The van der Waals surface area contributed by atoms with Gasteiger partial charge in [-0.2, -0.15) is 0 Å². The Morgan fingerprint density at radius 3 is 2.67 bits per heavy atom.